The summed E-state index contributed by atoms with van der Waals surface area (Å²) in [6.07, 6.45) is 1.30. The first-order valence-electron chi connectivity index (χ1n) is 5.28. The lowest BCUT2D eigenvalue weighted by atomic mass is 10.1. The Morgan fingerprint density at radius 2 is 2.27 bits per heavy atom. The normalized spacial score (nSPS) is 19.0. The van der Waals surface area contributed by atoms with Crippen molar-refractivity contribution in [3.63, 3.8) is 0 Å². The summed E-state index contributed by atoms with van der Waals surface area (Å²) in [4.78, 5) is 2.21. The summed E-state index contributed by atoms with van der Waals surface area (Å²) < 4.78 is 5.84. The maximum absolute atomic E-state index is 5.84. The van der Waals surface area contributed by atoms with E-state index in [0.29, 0.717) is 5.88 Å². The molecule has 0 amide bonds. The van der Waals surface area contributed by atoms with E-state index in [0.717, 1.165) is 25.3 Å². The van der Waals surface area contributed by atoms with Crippen LogP contribution in [-0.4, -0.2) is 37.0 Å². The Kier molecular flexibility index (Phi) is 3.49. The van der Waals surface area contributed by atoms with Crippen molar-refractivity contribution in [1.82, 2.24) is 4.90 Å². The number of benzene rings is 1. The highest BCUT2D eigenvalue weighted by Gasteiger charge is 2.22. The zero-order valence-electron chi connectivity index (χ0n) is 8.95. The van der Waals surface area contributed by atoms with Crippen LogP contribution in [0.3, 0.4) is 0 Å². The van der Waals surface area contributed by atoms with Gasteiger partial charge in [0.15, 0.2) is 0 Å². The first-order valence-corrected chi connectivity index (χ1v) is 5.82. The van der Waals surface area contributed by atoms with Gasteiger partial charge in [-0.25, -0.2) is 0 Å². The van der Waals surface area contributed by atoms with Gasteiger partial charge in [0.05, 0.1) is 0 Å². The fourth-order valence-corrected chi connectivity index (χ4v) is 2.23. The van der Waals surface area contributed by atoms with Crippen molar-refractivity contribution >= 4 is 11.6 Å². The standard InChI is InChI=1S/C12H16ClNO/c1-14(7-6-13)9-11-8-10-4-2-3-5-12(10)15-11/h2-5,11H,6-9H2,1H3. The molecule has 1 unspecified atom stereocenters. The van der Waals surface area contributed by atoms with Gasteiger partial charge in [0.1, 0.15) is 11.9 Å². The van der Waals surface area contributed by atoms with Crippen molar-refractivity contribution in [2.75, 3.05) is 26.0 Å². The molecule has 0 bridgehead atoms. The quantitative estimate of drug-likeness (QED) is 0.729. The monoisotopic (exact) mass is 225 g/mol. The number of para-hydroxylation sites is 1. The molecule has 1 atom stereocenters. The molecule has 0 spiro atoms. The molecular formula is C12H16ClNO. The maximum atomic E-state index is 5.84. The van der Waals surface area contributed by atoms with E-state index < -0.39 is 0 Å². The van der Waals surface area contributed by atoms with Gasteiger partial charge in [0.2, 0.25) is 0 Å². The van der Waals surface area contributed by atoms with Crippen LogP contribution in [-0.2, 0) is 6.42 Å². The van der Waals surface area contributed by atoms with Crippen LogP contribution in [0.5, 0.6) is 5.75 Å². The first-order chi connectivity index (χ1) is 7.29. The summed E-state index contributed by atoms with van der Waals surface area (Å²) in [5.74, 6) is 1.72. The smallest absolute Gasteiger partial charge is 0.123 e. The number of fused-ring (bicyclic) bond motifs is 1. The third-order valence-electron chi connectivity index (χ3n) is 2.70. The van der Waals surface area contributed by atoms with Gasteiger partial charge in [0.25, 0.3) is 0 Å². The number of likely N-dealkylation sites (N-methyl/N-ethyl adjacent to an activating group) is 1. The molecule has 0 N–H and O–H groups in total. The van der Waals surface area contributed by atoms with Crippen molar-refractivity contribution in [3.05, 3.63) is 29.8 Å². The molecule has 0 aliphatic carbocycles. The lowest BCUT2D eigenvalue weighted by molar-refractivity contribution is 0.173. The molecule has 2 nitrogen and oxygen atoms in total. The SMILES string of the molecule is CN(CCCl)CC1Cc2ccccc2O1. The van der Waals surface area contributed by atoms with Crippen LogP contribution in [0.2, 0.25) is 0 Å². The molecule has 1 aromatic rings. The van der Waals surface area contributed by atoms with Gasteiger partial charge in [-0.15, -0.1) is 11.6 Å². The molecule has 0 fully saturated rings. The van der Waals surface area contributed by atoms with Gasteiger partial charge in [0, 0.05) is 25.4 Å². The average molecular weight is 226 g/mol. The molecule has 1 aromatic carbocycles. The fourth-order valence-electron chi connectivity index (χ4n) is 1.94. The molecule has 3 heteroatoms. The minimum Gasteiger partial charge on any atom is -0.488 e. The van der Waals surface area contributed by atoms with E-state index in [1.807, 2.05) is 12.1 Å². The van der Waals surface area contributed by atoms with Crippen LogP contribution in [0, 0.1) is 0 Å². The number of halogens is 1. The number of ether oxygens (including phenoxy) is 1. The van der Waals surface area contributed by atoms with Crippen molar-refractivity contribution in [2.45, 2.75) is 12.5 Å². The molecule has 82 valence electrons. The number of alkyl halides is 1. The largest absolute Gasteiger partial charge is 0.488 e. The van der Waals surface area contributed by atoms with E-state index in [9.17, 15) is 0 Å². The summed E-state index contributed by atoms with van der Waals surface area (Å²) in [6.45, 7) is 1.86. The third-order valence-corrected chi connectivity index (χ3v) is 2.86. The third kappa shape index (κ3) is 2.64. The Balaban J connectivity index is 1.90. The predicted molar refractivity (Wildman–Crippen MR) is 62.8 cm³/mol. The maximum Gasteiger partial charge on any atom is 0.123 e. The van der Waals surface area contributed by atoms with Crippen LogP contribution in [0.4, 0.5) is 0 Å². The van der Waals surface area contributed by atoms with Crippen LogP contribution in [0.25, 0.3) is 0 Å². The number of hydrogen-bond donors (Lipinski definition) is 0. The van der Waals surface area contributed by atoms with Gasteiger partial charge in [-0.1, -0.05) is 18.2 Å². The minimum absolute atomic E-state index is 0.288. The Hall–Kier alpha value is -0.730. The fraction of sp³-hybridized carbons (Fsp3) is 0.500. The van der Waals surface area contributed by atoms with E-state index >= 15 is 0 Å². The average Bonchev–Trinajstić information content (AvgIpc) is 2.59. The number of hydrogen-bond acceptors (Lipinski definition) is 2. The lowest BCUT2D eigenvalue weighted by Gasteiger charge is -2.19. The Bertz CT molecular complexity index is 304. The zero-order chi connectivity index (χ0) is 10.7. The molecule has 1 heterocycles. The second kappa shape index (κ2) is 4.86. The first kappa shape index (κ1) is 10.8. The highest BCUT2D eigenvalue weighted by molar-refractivity contribution is 6.18. The van der Waals surface area contributed by atoms with Crippen LogP contribution in [0.1, 0.15) is 5.56 Å². The van der Waals surface area contributed by atoms with Crippen molar-refractivity contribution in [2.24, 2.45) is 0 Å². The van der Waals surface area contributed by atoms with Gasteiger partial charge in [-0.2, -0.15) is 0 Å². The molecule has 0 saturated heterocycles. The summed E-state index contributed by atoms with van der Waals surface area (Å²) in [6, 6.07) is 8.25. The Labute approximate surface area is 95.8 Å². The number of nitrogens with zero attached hydrogens (tertiary/aromatic N) is 1. The molecule has 0 aromatic heterocycles. The minimum atomic E-state index is 0.288. The highest BCUT2D eigenvalue weighted by atomic mass is 35.5. The summed E-state index contributed by atoms with van der Waals surface area (Å²) in [7, 11) is 2.08. The molecule has 1 aliphatic heterocycles. The topological polar surface area (TPSA) is 12.5 Å². The van der Waals surface area contributed by atoms with Crippen LogP contribution < -0.4 is 4.74 Å². The predicted octanol–water partition coefficient (Wildman–Crippen LogP) is 2.16. The zero-order valence-corrected chi connectivity index (χ0v) is 9.70. The van der Waals surface area contributed by atoms with E-state index in [4.69, 9.17) is 16.3 Å². The van der Waals surface area contributed by atoms with Crippen molar-refractivity contribution in [3.8, 4) is 5.75 Å². The lowest BCUT2D eigenvalue weighted by Crippen LogP contribution is -2.33. The Morgan fingerprint density at radius 3 is 3.00 bits per heavy atom. The van der Waals surface area contributed by atoms with Crippen molar-refractivity contribution in [1.29, 1.82) is 0 Å². The Morgan fingerprint density at radius 1 is 1.47 bits per heavy atom. The van der Waals surface area contributed by atoms with E-state index in [2.05, 4.69) is 24.1 Å². The number of rotatable bonds is 4. The van der Waals surface area contributed by atoms with Gasteiger partial charge in [-0.3, -0.25) is 0 Å². The van der Waals surface area contributed by atoms with Gasteiger partial charge in [-0.05, 0) is 18.7 Å². The molecule has 1 aliphatic rings. The van der Waals surface area contributed by atoms with Gasteiger partial charge < -0.3 is 9.64 Å². The molecule has 2 rings (SSSR count). The summed E-state index contributed by atoms with van der Waals surface area (Å²) >= 11 is 5.69. The molecule has 0 radical (unpaired) electrons. The highest BCUT2D eigenvalue weighted by Crippen LogP contribution is 2.28. The van der Waals surface area contributed by atoms with E-state index in [1.54, 1.807) is 0 Å². The molecule has 0 saturated carbocycles. The summed E-state index contributed by atoms with van der Waals surface area (Å²) in [5, 5.41) is 0. The van der Waals surface area contributed by atoms with Crippen molar-refractivity contribution < 1.29 is 4.74 Å². The molecular weight excluding hydrogens is 210 g/mol. The summed E-state index contributed by atoms with van der Waals surface area (Å²) in [5.41, 5.74) is 1.32. The second-order valence-electron chi connectivity index (χ2n) is 4.00. The second-order valence-corrected chi connectivity index (χ2v) is 4.38. The van der Waals surface area contributed by atoms with Crippen LogP contribution >= 0.6 is 11.6 Å². The van der Waals surface area contributed by atoms with E-state index in [1.165, 1.54) is 5.56 Å². The van der Waals surface area contributed by atoms with Crippen LogP contribution in [0.15, 0.2) is 24.3 Å². The van der Waals surface area contributed by atoms with E-state index in [-0.39, 0.29) is 6.10 Å². The molecule has 15 heavy (non-hydrogen) atoms. The van der Waals surface area contributed by atoms with Gasteiger partial charge >= 0.3 is 0 Å².